The van der Waals surface area contributed by atoms with Crippen molar-refractivity contribution in [3.63, 3.8) is 0 Å². The smallest absolute Gasteiger partial charge is 0.0861 e. The number of allylic oxidation sites excluding steroid dienone is 1. The average molecular weight is 271 g/mol. The number of rotatable bonds is 2. The number of aliphatic hydroxyl groups excluding tert-OH is 1. The Bertz CT molecular complexity index is 588. The highest BCUT2D eigenvalue weighted by atomic mass is 35.5. The van der Waals surface area contributed by atoms with E-state index >= 15 is 0 Å². The molecule has 96 valence electrons. The van der Waals surface area contributed by atoms with Gasteiger partial charge in [-0.2, -0.15) is 0 Å². The summed E-state index contributed by atoms with van der Waals surface area (Å²) in [6.07, 6.45) is 4.23. The predicted octanol–water partition coefficient (Wildman–Crippen LogP) is 3.95. The summed E-state index contributed by atoms with van der Waals surface area (Å²) in [5.41, 5.74) is 1.85. The molecule has 0 bridgehead atoms. The van der Waals surface area contributed by atoms with Gasteiger partial charge >= 0.3 is 0 Å². The molecule has 1 N–H and O–H groups in total. The Kier molecular flexibility index (Phi) is 3.17. The van der Waals surface area contributed by atoms with Crippen LogP contribution in [0.3, 0.4) is 0 Å². The van der Waals surface area contributed by atoms with E-state index in [9.17, 15) is 5.11 Å². The fourth-order valence-corrected chi connectivity index (χ4v) is 3.02. The molecule has 0 aromatic heterocycles. The van der Waals surface area contributed by atoms with Crippen molar-refractivity contribution >= 4 is 11.6 Å². The molecule has 0 saturated carbocycles. The fraction of sp³-hybridized carbons (Fsp3) is 0.176. The van der Waals surface area contributed by atoms with Crippen LogP contribution < -0.4 is 0 Å². The largest absolute Gasteiger partial charge is 0.388 e. The zero-order chi connectivity index (χ0) is 13.3. The molecule has 0 fully saturated rings. The molecule has 0 saturated heterocycles. The van der Waals surface area contributed by atoms with Crippen LogP contribution in [0.5, 0.6) is 0 Å². The van der Waals surface area contributed by atoms with E-state index in [1.807, 2.05) is 54.6 Å². The van der Waals surface area contributed by atoms with Crippen molar-refractivity contribution in [1.29, 1.82) is 0 Å². The maximum absolute atomic E-state index is 10.5. The van der Waals surface area contributed by atoms with E-state index in [-0.39, 0.29) is 5.41 Å². The van der Waals surface area contributed by atoms with Gasteiger partial charge in [-0.25, -0.2) is 0 Å². The Morgan fingerprint density at radius 1 is 0.947 bits per heavy atom. The minimum atomic E-state index is -0.504. The number of benzene rings is 2. The van der Waals surface area contributed by atoms with Gasteiger partial charge in [0.05, 0.1) is 11.5 Å². The second kappa shape index (κ2) is 4.84. The third-order valence-electron chi connectivity index (χ3n) is 3.91. The summed E-state index contributed by atoms with van der Waals surface area (Å²) < 4.78 is 0. The summed E-state index contributed by atoms with van der Waals surface area (Å²) >= 11 is 5.97. The van der Waals surface area contributed by atoms with Crippen molar-refractivity contribution in [2.45, 2.75) is 17.9 Å². The van der Waals surface area contributed by atoms with Gasteiger partial charge in [0.15, 0.2) is 0 Å². The first-order chi connectivity index (χ1) is 9.23. The maximum Gasteiger partial charge on any atom is 0.0861 e. The Morgan fingerprint density at radius 2 is 1.58 bits per heavy atom. The average Bonchev–Trinajstić information content (AvgIpc) is 2.83. The van der Waals surface area contributed by atoms with E-state index in [4.69, 9.17) is 11.6 Å². The van der Waals surface area contributed by atoms with Crippen LogP contribution in [0.25, 0.3) is 0 Å². The van der Waals surface area contributed by atoms with Crippen LogP contribution >= 0.6 is 11.6 Å². The zero-order valence-electron chi connectivity index (χ0n) is 10.5. The highest BCUT2D eigenvalue weighted by molar-refractivity contribution is 6.30. The lowest BCUT2D eigenvalue weighted by Gasteiger charge is -2.34. The highest BCUT2D eigenvalue weighted by Crippen LogP contribution is 2.43. The summed E-state index contributed by atoms with van der Waals surface area (Å²) in [4.78, 5) is 0. The minimum Gasteiger partial charge on any atom is -0.388 e. The number of aliphatic hydroxyl groups is 1. The molecular weight excluding hydrogens is 256 g/mol. The maximum atomic E-state index is 10.5. The fourth-order valence-electron chi connectivity index (χ4n) is 2.89. The van der Waals surface area contributed by atoms with Crippen molar-refractivity contribution in [2.24, 2.45) is 0 Å². The molecular formula is C17H15ClO. The molecule has 3 rings (SSSR count). The standard InChI is InChI=1S/C17H15ClO/c18-15-10-8-14(9-11-15)17(12-4-7-16(17)19)13-5-2-1-3-6-13/h1-11,16,19H,12H2. The topological polar surface area (TPSA) is 20.2 Å². The van der Waals surface area contributed by atoms with Crippen molar-refractivity contribution in [2.75, 3.05) is 0 Å². The van der Waals surface area contributed by atoms with Crippen LogP contribution in [0, 0.1) is 0 Å². The molecule has 2 unspecified atom stereocenters. The third kappa shape index (κ3) is 1.99. The summed E-state index contributed by atoms with van der Waals surface area (Å²) in [5.74, 6) is 0. The monoisotopic (exact) mass is 270 g/mol. The van der Waals surface area contributed by atoms with Gasteiger partial charge in [0.2, 0.25) is 0 Å². The van der Waals surface area contributed by atoms with Crippen molar-refractivity contribution in [1.82, 2.24) is 0 Å². The zero-order valence-corrected chi connectivity index (χ0v) is 11.2. The van der Waals surface area contributed by atoms with Crippen LogP contribution in [0.4, 0.5) is 0 Å². The molecule has 1 aliphatic rings. The Hall–Kier alpha value is -1.57. The number of hydrogen-bond acceptors (Lipinski definition) is 1. The number of hydrogen-bond donors (Lipinski definition) is 1. The molecule has 2 atom stereocenters. The van der Waals surface area contributed by atoms with E-state index in [0.717, 1.165) is 17.5 Å². The first-order valence-electron chi connectivity index (χ1n) is 6.40. The normalized spacial score (nSPS) is 25.7. The van der Waals surface area contributed by atoms with E-state index in [0.29, 0.717) is 5.02 Å². The Morgan fingerprint density at radius 3 is 2.16 bits per heavy atom. The lowest BCUT2D eigenvalue weighted by Crippen LogP contribution is -2.36. The molecule has 2 aromatic rings. The lowest BCUT2D eigenvalue weighted by molar-refractivity contribution is 0.159. The van der Waals surface area contributed by atoms with Crippen molar-refractivity contribution in [3.05, 3.63) is 82.9 Å². The highest BCUT2D eigenvalue weighted by Gasteiger charge is 2.42. The quantitative estimate of drug-likeness (QED) is 0.820. The first-order valence-corrected chi connectivity index (χ1v) is 6.77. The molecule has 0 radical (unpaired) electrons. The van der Waals surface area contributed by atoms with Crippen LogP contribution in [-0.4, -0.2) is 11.2 Å². The second-order valence-electron chi connectivity index (χ2n) is 4.92. The third-order valence-corrected chi connectivity index (χ3v) is 4.16. The molecule has 19 heavy (non-hydrogen) atoms. The summed E-state index contributed by atoms with van der Waals surface area (Å²) in [7, 11) is 0. The second-order valence-corrected chi connectivity index (χ2v) is 5.36. The molecule has 0 aliphatic heterocycles. The van der Waals surface area contributed by atoms with Crippen LogP contribution in [0.2, 0.25) is 5.02 Å². The first kappa shape index (κ1) is 12.5. The Labute approximate surface area is 118 Å². The predicted molar refractivity (Wildman–Crippen MR) is 78.4 cm³/mol. The van der Waals surface area contributed by atoms with Gasteiger partial charge in [-0.3, -0.25) is 0 Å². The van der Waals surface area contributed by atoms with E-state index < -0.39 is 6.10 Å². The molecule has 2 heteroatoms. The SMILES string of the molecule is OC1C=CCC1(c1ccccc1)c1ccc(Cl)cc1. The minimum absolute atomic E-state index is 0.383. The molecule has 0 heterocycles. The van der Waals surface area contributed by atoms with E-state index in [2.05, 4.69) is 12.1 Å². The number of halogens is 1. The summed E-state index contributed by atoms with van der Waals surface area (Å²) in [6, 6.07) is 17.9. The van der Waals surface area contributed by atoms with E-state index in [1.54, 1.807) is 0 Å². The van der Waals surface area contributed by atoms with Gasteiger partial charge in [-0.15, -0.1) is 0 Å². The molecule has 0 amide bonds. The van der Waals surface area contributed by atoms with Gasteiger partial charge < -0.3 is 5.11 Å². The van der Waals surface area contributed by atoms with Crippen molar-refractivity contribution in [3.8, 4) is 0 Å². The van der Waals surface area contributed by atoms with Crippen LogP contribution in [0.15, 0.2) is 66.7 Å². The molecule has 2 aromatic carbocycles. The van der Waals surface area contributed by atoms with Crippen molar-refractivity contribution < 1.29 is 5.11 Å². The van der Waals surface area contributed by atoms with E-state index in [1.165, 1.54) is 0 Å². The summed E-state index contributed by atoms with van der Waals surface area (Å²) in [6.45, 7) is 0. The van der Waals surface area contributed by atoms with Gasteiger partial charge in [0.1, 0.15) is 0 Å². The van der Waals surface area contributed by atoms with Gasteiger partial charge in [0.25, 0.3) is 0 Å². The summed E-state index contributed by atoms with van der Waals surface area (Å²) in [5, 5.41) is 11.2. The van der Waals surface area contributed by atoms with Gasteiger partial charge in [-0.1, -0.05) is 66.2 Å². The van der Waals surface area contributed by atoms with Gasteiger partial charge in [0, 0.05) is 5.02 Å². The van der Waals surface area contributed by atoms with Crippen LogP contribution in [-0.2, 0) is 5.41 Å². The van der Waals surface area contributed by atoms with Crippen LogP contribution in [0.1, 0.15) is 17.5 Å². The van der Waals surface area contributed by atoms with Gasteiger partial charge in [-0.05, 0) is 29.7 Å². The molecule has 1 nitrogen and oxygen atoms in total. The molecule has 0 spiro atoms. The lowest BCUT2D eigenvalue weighted by atomic mass is 9.71. The Balaban J connectivity index is 2.16. The molecule has 1 aliphatic carbocycles.